The van der Waals surface area contributed by atoms with Gasteiger partial charge in [0.25, 0.3) is 0 Å². The van der Waals surface area contributed by atoms with E-state index in [4.69, 9.17) is 0 Å². The van der Waals surface area contributed by atoms with Gasteiger partial charge in [0.15, 0.2) is 5.16 Å². The van der Waals surface area contributed by atoms with E-state index < -0.39 is 6.10 Å². The molecule has 0 spiro atoms. The van der Waals surface area contributed by atoms with Gasteiger partial charge in [-0.2, -0.15) is 0 Å². The van der Waals surface area contributed by atoms with Crippen molar-refractivity contribution in [1.82, 2.24) is 14.8 Å². The van der Waals surface area contributed by atoms with Crippen LogP contribution in [0, 0.1) is 0 Å². The first kappa shape index (κ1) is 12.3. The molecule has 0 aromatic carbocycles. The standard InChI is InChI=1S/C9H17N3O2S/c1-4-5-12-8(14)10-11-9(12)15-7(3)6(2)13/h6-7,13H,4-5H2,1-3H3,(H,10,14). The molecule has 5 nitrogen and oxygen atoms in total. The molecule has 6 heteroatoms. The SMILES string of the molecule is CCCn1c(SC(C)C(C)O)n[nH]c1=O. The Hall–Kier alpha value is -0.750. The van der Waals surface area contributed by atoms with Crippen LogP contribution in [-0.4, -0.2) is 31.2 Å². The molecule has 2 N–H and O–H groups in total. The summed E-state index contributed by atoms with van der Waals surface area (Å²) >= 11 is 1.41. The summed E-state index contributed by atoms with van der Waals surface area (Å²) in [4.78, 5) is 11.4. The summed E-state index contributed by atoms with van der Waals surface area (Å²) in [6.07, 6.45) is 0.465. The predicted octanol–water partition coefficient (Wildman–Crippen LogP) is 0.843. The van der Waals surface area contributed by atoms with Crippen molar-refractivity contribution in [3.05, 3.63) is 10.5 Å². The fourth-order valence-corrected chi connectivity index (χ4v) is 2.01. The summed E-state index contributed by atoms with van der Waals surface area (Å²) in [7, 11) is 0. The molecular weight excluding hydrogens is 214 g/mol. The van der Waals surface area contributed by atoms with Crippen molar-refractivity contribution in [3.63, 3.8) is 0 Å². The van der Waals surface area contributed by atoms with Crippen molar-refractivity contribution in [2.45, 2.75) is 50.2 Å². The maximum Gasteiger partial charge on any atom is 0.343 e. The molecule has 15 heavy (non-hydrogen) atoms. The van der Waals surface area contributed by atoms with Crippen molar-refractivity contribution in [2.75, 3.05) is 0 Å². The predicted molar refractivity (Wildman–Crippen MR) is 60.1 cm³/mol. The van der Waals surface area contributed by atoms with Gasteiger partial charge in [0.1, 0.15) is 0 Å². The topological polar surface area (TPSA) is 70.9 Å². The van der Waals surface area contributed by atoms with E-state index in [0.29, 0.717) is 11.7 Å². The van der Waals surface area contributed by atoms with Crippen LogP contribution in [0.3, 0.4) is 0 Å². The molecule has 1 aromatic rings. The number of rotatable bonds is 5. The number of nitrogens with zero attached hydrogens (tertiary/aromatic N) is 2. The van der Waals surface area contributed by atoms with E-state index in [-0.39, 0.29) is 10.9 Å². The van der Waals surface area contributed by atoms with Gasteiger partial charge < -0.3 is 5.11 Å². The number of aliphatic hydroxyl groups is 1. The Kier molecular flexibility index (Phi) is 4.41. The van der Waals surface area contributed by atoms with Crippen molar-refractivity contribution >= 4 is 11.8 Å². The maximum atomic E-state index is 11.4. The lowest BCUT2D eigenvalue weighted by atomic mass is 10.3. The van der Waals surface area contributed by atoms with Crippen molar-refractivity contribution in [3.8, 4) is 0 Å². The third-order valence-corrected chi connectivity index (χ3v) is 3.43. The molecule has 0 bridgehead atoms. The number of H-pyrrole nitrogens is 1. The molecular formula is C9H17N3O2S. The van der Waals surface area contributed by atoms with E-state index in [1.807, 2.05) is 13.8 Å². The Bertz CT molecular complexity index is 358. The van der Waals surface area contributed by atoms with E-state index in [1.54, 1.807) is 11.5 Å². The molecule has 0 aliphatic heterocycles. The maximum absolute atomic E-state index is 11.4. The average Bonchev–Trinajstić information content (AvgIpc) is 2.50. The Labute approximate surface area is 92.9 Å². The zero-order chi connectivity index (χ0) is 11.4. The van der Waals surface area contributed by atoms with Gasteiger partial charge in [0.2, 0.25) is 0 Å². The van der Waals surface area contributed by atoms with E-state index in [2.05, 4.69) is 10.2 Å². The second kappa shape index (κ2) is 5.37. The molecule has 2 unspecified atom stereocenters. The molecule has 0 radical (unpaired) electrons. The van der Waals surface area contributed by atoms with Crippen LogP contribution in [0.2, 0.25) is 0 Å². The Morgan fingerprint density at radius 3 is 2.80 bits per heavy atom. The Morgan fingerprint density at radius 1 is 1.60 bits per heavy atom. The number of aromatic nitrogens is 3. The van der Waals surface area contributed by atoms with E-state index >= 15 is 0 Å². The Balaban J connectivity index is 2.80. The molecule has 86 valence electrons. The highest BCUT2D eigenvalue weighted by molar-refractivity contribution is 7.99. The number of hydrogen-bond acceptors (Lipinski definition) is 4. The van der Waals surface area contributed by atoms with Gasteiger partial charge in [-0.15, -0.1) is 5.10 Å². The van der Waals surface area contributed by atoms with Crippen molar-refractivity contribution in [1.29, 1.82) is 0 Å². The number of aliphatic hydroxyl groups excluding tert-OH is 1. The first-order chi connectivity index (χ1) is 7.06. The molecule has 0 saturated carbocycles. The van der Waals surface area contributed by atoms with Crippen molar-refractivity contribution in [2.24, 2.45) is 0 Å². The fraction of sp³-hybridized carbons (Fsp3) is 0.778. The largest absolute Gasteiger partial charge is 0.392 e. The van der Waals surface area contributed by atoms with Crippen molar-refractivity contribution < 1.29 is 5.11 Å². The number of hydrogen-bond donors (Lipinski definition) is 2. The van der Waals surface area contributed by atoms with E-state index in [1.165, 1.54) is 11.8 Å². The monoisotopic (exact) mass is 231 g/mol. The second-order valence-corrected chi connectivity index (χ2v) is 4.87. The van der Waals surface area contributed by atoms with Gasteiger partial charge in [-0.05, 0) is 13.3 Å². The number of aromatic amines is 1. The molecule has 1 heterocycles. The smallest absolute Gasteiger partial charge is 0.343 e. The van der Waals surface area contributed by atoms with Gasteiger partial charge in [0.05, 0.1) is 6.10 Å². The van der Waals surface area contributed by atoms with Crippen LogP contribution in [-0.2, 0) is 6.54 Å². The van der Waals surface area contributed by atoms with Crippen LogP contribution in [0.25, 0.3) is 0 Å². The van der Waals surface area contributed by atoms with E-state index in [0.717, 1.165) is 6.42 Å². The second-order valence-electron chi connectivity index (χ2n) is 3.53. The van der Waals surface area contributed by atoms with E-state index in [9.17, 15) is 9.90 Å². The van der Waals surface area contributed by atoms with Crippen LogP contribution in [0.1, 0.15) is 27.2 Å². The lowest BCUT2D eigenvalue weighted by Gasteiger charge is -2.13. The molecule has 0 aliphatic rings. The first-order valence-corrected chi connectivity index (χ1v) is 5.94. The highest BCUT2D eigenvalue weighted by atomic mass is 32.2. The average molecular weight is 231 g/mol. The normalized spacial score (nSPS) is 15.2. The van der Waals surface area contributed by atoms with Crippen LogP contribution in [0.5, 0.6) is 0 Å². The molecule has 0 saturated heterocycles. The minimum Gasteiger partial charge on any atom is -0.392 e. The van der Waals surface area contributed by atoms with Gasteiger partial charge in [-0.1, -0.05) is 25.6 Å². The minimum atomic E-state index is -0.420. The molecule has 2 atom stereocenters. The first-order valence-electron chi connectivity index (χ1n) is 5.06. The van der Waals surface area contributed by atoms with Crippen LogP contribution in [0.15, 0.2) is 9.95 Å². The molecule has 0 fully saturated rings. The summed E-state index contributed by atoms with van der Waals surface area (Å²) in [5, 5.41) is 16.4. The lowest BCUT2D eigenvalue weighted by Crippen LogP contribution is -2.20. The summed E-state index contributed by atoms with van der Waals surface area (Å²) in [5.74, 6) is 0. The zero-order valence-electron chi connectivity index (χ0n) is 9.23. The van der Waals surface area contributed by atoms with Gasteiger partial charge in [0, 0.05) is 11.8 Å². The quantitative estimate of drug-likeness (QED) is 0.737. The highest BCUT2D eigenvalue weighted by Crippen LogP contribution is 2.22. The molecule has 0 aliphatic carbocycles. The molecule has 1 aromatic heterocycles. The van der Waals surface area contributed by atoms with Gasteiger partial charge in [-0.25, -0.2) is 9.89 Å². The third kappa shape index (κ3) is 3.10. The molecule has 0 amide bonds. The molecule has 1 rings (SSSR count). The Morgan fingerprint density at radius 2 is 2.27 bits per heavy atom. The summed E-state index contributed by atoms with van der Waals surface area (Å²) in [6, 6.07) is 0. The van der Waals surface area contributed by atoms with Crippen LogP contribution >= 0.6 is 11.8 Å². The van der Waals surface area contributed by atoms with Crippen LogP contribution in [0.4, 0.5) is 0 Å². The lowest BCUT2D eigenvalue weighted by molar-refractivity contribution is 0.196. The summed E-state index contributed by atoms with van der Waals surface area (Å²) in [6.45, 7) is 6.30. The van der Waals surface area contributed by atoms with Gasteiger partial charge >= 0.3 is 5.69 Å². The summed E-state index contributed by atoms with van der Waals surface area (Å²) in [5.41, 5.74) is -0.183. The minimum absolute atomic E-state index is 0.0239. The number of nitrogens with one attached hydrogen (secondary N) is 1. The third-order valence-electron chi connectivity index (χ3n) is 2.14. The van der Waals surface area contributed by atoms with Gasteiger partial charge in [-0.3, -0.25) is 4.57 Å². The highest BCUT2D eigenvalue weighted by Gasteiger charge is 2.15. The number of thioether (sulfide) groups is 1. The zero-order valence-corrected chi connectivity index (χ0v) is 10.0. The summed E-state index contributed by atoms with van der Waals surface area (Å²) < 4.78 is 1.60. The van der Waals surface area contributed by atoms with Crippen LogP contribution < -0.4 is 5.69 Å². The fourth-order valence-electron chi connectivity index (χ4n) is 1.08.